The first kappa shape index (κ1) is 16.2. The first-order chi connectivity index (χ1) is 11.7. The Kier molecular flexibility index (Phi) is 4.91. The van der Waals surface area contributed by atoms with Gasteiger partial charge in [0.1, 0.15) is 11.6 Å². The Morgan fingerprint density at radius 3 is 2.54 bits per heavy atom. The number of anilines is 2. The fraction of sp³-hybridized carbons (Fsp3) is 0.263. The number of fused-ring (bicyclic) bond motifs is 1. The van der Waals surface area contributed by atoms with Crippen molar-refractivity contribution in [3.05, 3.63) is 54.2 Å². The van der Waals surface area contributed by atoms with Crippen LogP contribution in [0.4, 0.5) is 11.5 Å². The molecule has 24 heavy (non-hydrogen) atoms. The fourth-order valence-electron chi connectivity index (χ4n) is 2.64. The maximum atomic E-state index is 10.1. The molecule has 3 rings (SSSR count). The van der Waals surface area contributed by atoms with Gasteiger partial charge in [0.25, 0.3) is 0 Å². The molecule has 0 unspecified atom stereocenters. The number of aromatic nitrogens is 2. The van der Waals surface area contributed by atoms with Gasteiger partial charge in [-0.05, 0) is 43.4 Å². The summed E-state index contributed by atoms with van der Waals surface area (Å²) in [5.74, 6) is 1.00. The van der Waals surface area contributed by atoms with Gasteiger partial charge in [-0.3, -0.25) is 9.88 Å². The van der Waals surface area contributed by atoms with Gasteiger partial charge in [0.05, 0.1) is 17.2 Å². The molecule has 0 saturated heterocycles. The van der Waals surface area contributed by atoms with Gasteiger partial charge in [-0.2, -0.15) is 0 Å². The largest absolute Gasteiger partial charge is 0.508 e. The summed E-state index contributed by atoms with van der Waals surface area (Å²) in [7, 11) is 0. The molecular formula is C19H22N4O. The Labute approximate surface area is 142 Å². The minimum absolute atomic E-state index is 0.317. The highest BCUT2D eigenvalue weighted by molar-refractivity contribution is 5.76. The van der Waals surface area contributed by atoms with Gasteiger partial charge in [0, 0.05) is 17.8 Å². The summed E-state index contributed by atoms with van der Waals surface area (Å²) < 4.78 is 0. The number of phenolic OH excluding ortho intramolecular Hbond substituents is 1. The highest BCUT2D eigenvalue weighted by Gasteiger charge is 2.08. The average Bonchev–Trinajstić information content (AvgIpc) is 2.62. The van der Waals surface area contributed by atoms with Gasteiger partial charge in [-0.1, -0.05) is 26.0 Å². The van der Waals surface area contributed by atoms with E-state index in [1.165, 1.54) is 0 Å². The van der Waals surface area contributed by atoms with Gasteiger partial charge in [-0.25, -0.2) is 4.98 Å². The van der Waals surface area contributed by atoms with E-state index < -0.39 is 0 Å². The van der Waals surface area contributed by atoms with E-state index in [1.807, 2.05) is 36.4 Å². The summed E-state index contributed by atoms with van der Waals surface area (Å²) in [6.45, 7) is 6.85. The van der Waals surface area contributed by atoms with E-state index in [2.05, 4.69) is 34.0 Å². The molecule has 2 aromatic carbocycles. The summed E-state index contributed by atoms with van der Waals surface area (Å²) in [6.07, 6.45) is 1.72. The molecule has 0 spiro atoms. The molecule has 0 fully saturated rings. The van der Waals surface area contributed by atoms with Crippen molar-refractivity contribution in [2.45, 2.75) is 20.4 Å². The Morgan fingerprint density at radius 2 is 1.79 bits per heavy atom. The maximum absolute atomic E-state index is 10.1. The summed E-state index contributed by atoms with van der Waals surface area (Å²) in [5.41, 5.74) is 3.51. The van der Waals surface area contributed by atoms with Crippen molar-refractivity contribution in [3.8, 4) is 5.75 Å². The van der Waals surface area contributed by atoms with E-state index in [9.17, 15) is 5.11 Å². The van der Waals surface area contributed by atoms with Crippen LogP contribution in [0.25, 0.3) is 11.0 Å². The lowest BCUT2D eigenvalue weighted by Crippen LogP contribution is -2.22. The Hall–Kier alpha value is -2.66. The number of aromatic hydroxyl groups is 1. The zero-order chi connectivity index (χ0) is 16.9. The van der Waals surface area contributed by atoms with Crippen LogP contribution in [0.1, 0.15) is 19.4 Å². The number of nitrogens with one attached hydrogen (secondary N) is 1. The Bertz CT molecular complexity index is 830. The van der Waals surface area contributed by atoms with E-state index in [4.69, 9.17) is 0 Å². The Balaban J connectivity index is 1.83. The van der Waals surface area contributed by atoms with Crippen LogP contribution in [0, 0.1) is 0 Å². The molecule has 2 N–H and O–H groups in total. The minimum atomic E-state index is 0.317. The van der Waals surface area contributed by atoms with Crippen molar-refractivity contribution in [2.24, 2.45) is 0 Å². The highest BCUT2D eigenvalue weighted by Crippen LogP contribution is 2.25. The predicted molar refractivity (Wildman–Crippen MR) is 97.6 cm³/mol. The van der Waals surface area contributed by atoms with Gasteiger partial charge >= 0.3 is 0 Å². The summed E-state index contributed by atoms with van der Waals surface area (Å²) in [6, 6.07) is 13.3. The molecule has 5 heteroatoms. The number of phenols is 1. The number of para-hydroxylation sites is 2. The van der Waals surface area contributed by atoms with E-state index in [-0.39, 0.29) is 0 Å². The van der Waals surface area contributed by atoms with Crippen LogP contribution in [0.3, 0.4) is 0 Å². The average molecular weight is 322 g/mol. The molecule has 3 aromatic rings. The SMILES string of the molecule is CCN(CC)Cc1cc(Nc2cnc3ccccc3n2)ccc1O. The molecule has 0 saturated carbocycles. The van der Waals surface area contributed by atoms with Crippen molar-refractivity contribution >= 4 is 22.5 Å². The summed E-state index contributed by atoms with van der Waals surface area (Å²) in [4.78, 5) is 11.2. The van der Waals surface area contributed by atoms with Gasteiger partial charge in [0.15, 0.2) is 0 Å². The molecule has 1 heterocycles. The lowest BCUT2D eigenvalue weighted by Gasteiger charge is -2.19. The molecule has 0 aliphatic rings. The number of rotatable bonds is 6. The number of hydrogen-bond donors (Lipinski definition) is 2. The third-order valence-corrected chi connectivity index (χ3v) is 4.09. The first-order valence-corrected chi connectivity index (χ1v) is 8.22. The maximum Gasteiger partial charge on any atom is 0.149 e. The number of hydrogen-bond acceptors (Lipinski definition) is 5. The standard InChI is InChI=1S/C19H22N4O/c1-3-23(4-2)13-14-11-15(9-10-18(14)24)21-19-12-20-16-7-5-6-8-17(16)22-19/h5-12,24H,3-4,13H2,1-2H3,(H,21,22). The predicted octanol–water partition coefficient (Wildman–Crippen LogP) is 3.92. The monoisotopic (exact) mass is 322 g/mol. The molecular weight excluding hydrogens is 300 g/mol. The molecule has 0 radical (unpaired) electrons. The molecule has 124 valence electrons. The van der Waals surface area contributed by atoms with Gasteiger partial charge < -0.3 is 10.4 Å². The van der Waals surface area contributed by atoms with Crippen molar-refractivity contribution in [2.75, 3.05) is 18.4 Å². The van der Waals surface area contributed by atoms with Crippen LogP contribution >= 0.6 is 0 Å². The smallest absolute Gasteiger partial charge is 0.149 e. The topological polar surface area (TPSA) is 61.3 Å². The quantitative estimate of drug-likeness (QED) is 0.674. The molecule has 0 aliphatic carbocycles. The van der Waals surface area contributed by atoms with E-state index in [1.54, 1.807) is 12.3 Å². The second-order valence-corrected chi connectivity index (χ2v) is 5.67. The van der Waals surface area contributed by atoms with Crippen LogP contribution in [0.2, 0.25) is 0 Å². The van der Waals surface area contributed by atoms with Crippen LogP contribution in [0.15, 0.2) is 48.7 Å². The lowest BCUT2D eigenvalue weighted by molar-refractivity contribution is 0.291. The fourth-order valence-corrected chi connectivity index (χ4v) is 2.64. The van der Waals surface area contributed by atoms with Gasteiger partial charge in [-0.15, -0.1) is 0 Å². The minimum Gasteiger partial charge on any atom is -0.508 e. The second-order valence-electron chi connectivity index (χ2n) is 5.67. The Morgan fingerprint density at radius 1 is 1.04 bits per heavy atom. The first-order valence-electron chi connectivity index (χ1n) is 8.22. The van der Waals surface area contributed by atoms with Crippen LogP contribution in [-0.2, 0) is 6.54 Å². The lowest BCUT2D eigenvalue weighted by atomic mass is 10.1. The van der Waals surface area contributed by atoms with Gasteiger partial charge in [0.2, 0.25) is 0 Å². The van der Waals surface area contributed by atoms with Crippen LogP contribution in [0.5, 0.6) is 5.75 Å². The molecule has 1 aromatic heterocycles. The van der Waals surface area contributed by atoms with Crippen LogP contribution in [-0.4, -0.2) is 33.1 Å². The zero-order valence-corrected chi connectivity index (χ0v) is 14.0. The third-order valence-electron chi connectivity index (χ3n) is 4.09. The van der Waals surface area contributed by atoms with Crippen molar-refractivity contribution < 1.29 is 5.11 Å². The van der Waals surface area contributed by atoms with Crippen molar-refractivity contribution in [1.29, 1.82) is 0 Å². The van der Waals surface area contributed by atoms with E-state index >= 15 is 0 Å². The molecule has 0 aliphatic heterocycles. The molecule has 0 atom stereocenters. The van der Waals surface area contributed by atoms with Crippen molar-refractivity contribution in [3.63, 3.8) is 0 Å². The summed E-state index contributed by atoms with van der Waals surface area (Å²) in [5, 5.41) is 13.4. The second kappa shape index (κ2) is 7.27. The highest BCUT2D eigenvalue weighted by atomic mass is 16.3. The number of benzene rings is 2. The van der Waals surface area contributed by atoms with E-state index in [0.29, 0.717) is 11.6 Å². The molecule has 5 nitrogen and oxygen atoms in total. The van der Waals surface area contributed by atoms with Crippen molar-refractivity contribution in [1.82, 2.24) is 14.9 Å². The summed E-state index contributed by atoms with van der Waals surface area (Å²) >= 11 is 0. The molecule has 0 bridgehead atoms. The number of nitrogens with zero attached hydrogens (tertiary/aromatic N) is 3. The zero-order valence-electron chi connectivity index (χ0n) is 14.0. The van der Waals surface area contributed by atoms with E-state index in [0.717, 1.165) is 41.9 Å². The normalized spacial score (nSPS) is 11.1. The van der Waals surface area contributed by atoms with Crippen LogP contribution < -0.4 is 5.32 Å². The molecule has 0 amide bonds. The third kappa shape index (κ3) is 3.63.